The fourth-order valence-corrected chi connectivity index (χ4v) is 3.41. The summed E-state index contributed by atoms with van der Waals surface area (Å²) >= 11 is 0. The highest BCUT2D eigenvalue weighted by molar-refractivity contribution is 7.90. The first-order valence-corrected chi connectivity index (χ1v) is 6.88. The van der Waals surface area contributed by atoms with E-state index in [4.69, 9.17) is 0 Å². The van der Waals surface area contributed by atoms with Gasteiger partial charge >= 0.3 is 0 Å². The Kier molecular flexibility index (Phi) is 3.20. The lowest BCUT2D eigenvalue weighted by molar-refractivity contribution is 0.378. The molecule has 2 heterocycles. The number of halogens is 1. The van der Waals surface area contributed by atoms with Crippen LogP contribution in [0.2, 0.25) is 0 Å². The van der Waals surface area contributed by atoms with Gasteiger partial charge in [-0.05, 0) is 17.5 Å². The van der Waals surface area contributed by atoms with Crippen molar-refractivity contribution in [3.63, 3.8) is 0 Å². The van der Waals surface area contributed by atoms with Gasteiger partial charge in [0.15, 0.2) is 9.84 Å². The number of nitrogens with one attached hydrogen (secondary N) is 1. The summed E-state index contributed by atoms with van der Waals surface area (Å²) in [6, 6.07) is 1.21. The van der Waals surface area contributed by atoms with Crippen molar-refractivity contribution in [2.24, 2.45) is 5.92 Å². The number of aromatic nitrogens is 1. The van der Waals surface area contributed by atoms with Gasteiger partial charge in [-0.25, -0.2) is 12.8 Å². The number of sulfone groups is 1. The normalized spacial score (nSPS) is 17.1. The molecule has 1 aromatic rings. The minimum absolute atomic E-state index is 0.131. The van der Waals surface area contributed by atoms with Gasteiger partial charge in [-0.15, -0.1) is 0 Å². The van der Waals surface area contributed by atoms with Crippen LogP contribution in [0.1, 0.15) is 5.56 Å². The van der Waals surface area contributed by atoms with E-state index >= 15 is 0 Å². The first kappa shape index (κ1) is 11.5. The summed E-state index contributed by atoms with van der Waals surface area (Å²) in [6.45, 7) is 1.50. The summed E-state index contributed by atoms with van der Waals surface area (Å²) in [5.74, 6) is -0.269. The maximum atomic E-state index is 12.8. The molecule has 4 nitrogen and oxygen atoms in total. The van der Waals surface area contributed by atoms with Crippen LogP contribution in [0.5, 0.6) is 0 Å². The minimum Gasteiger partial charge on any atom is -0.316 e. The molecule has 0 saturated carbocycles. The van der Waals surface area contributed by atoms with Gasteiger partial charge in [-0.3, -0.25) is 4.98 Å². The molecule has 0 bridgehead atoms. The summed E-state index contributed by atoms with van der Waals surface area (Å²) < 4.78 is 36.3. The Morgan fingerprint density at radius 1 is 1.44 bits per heavy atom. The van der Waals surface area contributed by atoms with E-state index in [2.05, 4.69) is 10.3 Å². The molecule has 0 atom stereocenters. The molecule has 1 fully saturated rings. The molecule has 0 radical (unpaired) electrons. The quantitative estimate of drug-likeness (QED) is 0.830. The van der Waals surface area contributed by atoms with Gasteiger partial charge in [-0.1, -0.05) is 0 Å². The number of hydrogen-bond acceptors (Lipinski definition) is 4. The molecule has 2 rings (SSSR count). The van der Waals surface area contributed by atoms with Crippen LogP contribution in [-0.2, 0) is 15.6 Å². The van der Waals surface area contributed by atoms with Crippen molar-refractivity contribution in [2.45, 2.75) is 5.75 Å². The molecular formula is C10H13FN2O2S. The van der Waals surface area contributed by atoms with Crippen LogP contribution >= 0.6 is 0 Å². The maximum absolute atomic E-state index is 12.8. The van der Waals surface area contributed by atoms with Crippen molar-refractivity contribution >= 4 is 9.84 Å². The van der Waals surface area contributed by atoms with E-state index in [0.717, 1.165) is 19.3 Å². The van der Waals surface area contributed by atoms with Gasteiger partial charge in [0.1, 0.15) is 5.82 Å². The van der Waals surface area contributed by atoms with E-state index in [1.807, 2.05) is 0 Å². The Hall–Kier alpha value is -1.01. The largest absolute Gasteiger partial charge is 0.316 e. The van der Waals surface area contributed by atoms with E-state index in [-0.39, 0.29) is 17.4 Å². The van der Waals surface area contributed by atoms with Crippen LogP contribution in [0.3, 0.4) is 0 Å². The van der Waals surface area contributed by atoms with Crippen molar-refractivity contribution in [2.75, 3.05) is 18.8 Å². The third-order valence-corrected chi connectivity index (χ3v) is 4.26. The smallest absolute Gasteiger partial charge is 0.154 e. The monoisotopic (exact) mass is 244 g/mol. The van der Waals surface area contributed by atoms with Crippen molar-refractivity contribution in [1.29, 1.82) is 0 Å². The Morgan fingerprint density at radius 3 is 2.75 bits per heavy atom. The highest BCUT2D eigenvalue weighted by Crippen LogP contribution is 2.12. The van der Waals surface area contributed by atoms with Crippen LogP contribution in [0.25, 0.3) is 0 Å². The number of hydrogen-bond donors (Lipinski definition) is 1. The third kappa shape index (κ3) is 2.99. The Bertz CT molecular complexity index is 471. The summed E-state index contributed by atoms with van der Waals surface area (Å²) in [5, 5.41) is 3.02. The van der Waals surface area contributed by atoms with Crippen molar-refractivity contribution < 1.29 is 12.8 Å². The second-order valence-electron chi connectivity index (χ2n) is 4.09. The van der Waals surface area contributed by atoms with E-state index in [1.165, 1.54) is 12.3 Å². The van der Waals surface area contributed by atoms with Gasteiger partial charge in [0, 0.05) is 19.3 Å². The molecule has 0 unspecified atom stereocenters. The Balaban J connectivity index is 2.02. The average molecular weight is 244 g/mol. The Morgan fingerprint density at radius 2 is 2.19 bits per heavy atom. The molecule has 0 amide bonds. The van der Waals surface area contributed by atoms with Crippen molar-refractivity contribution in [1.82, 2.24) is 10.3 Å². The van der Waals surface area contributed by atoms with E-state index in [1.54, 1.807) is 0 Å². The second kappa shape index (κ2) is 4.47. The highest BCUT2D eigenvalue weighted by Gasteiger charge is 2.24. The number of nitrogens with zero attached hydrogens (tertiary/aromatic N) is 1. The van der Waals surface area contributed by atoms with Gasteiger partial charge in [0.25, 0.3) is 0 Å². The lowest BCUT2D eigenvalue weighted by Gasteiger charge is -2.26. The van der Waals surface area contributed by atoms with Crippen LogP contribution in [0, 0.1) is 11.7 Å². The number of pyridine rings is 1. The second-order valence-corrected chi connectivity index (χ2v) is 6.20. The maximum Gasteiger partial charge on any atom is 0.154 e. The molecule has 1 aliphatic rings. The van der Waals surface area contributed by atoms with Crippen molar-refractivity contribution in [3.05, 3.63) is 29.8 Å². The lowest BCUT2D eigenvalue weighted by Crippen LogP contribution is -2.45. The summed E-state index contributed by atoms with van der Waals surface area (Å²) in [6.07, 6.45) is 2.45. The SMILES string of the molecule is O=S(=O)(Cc1cncc(F)c1)CC1CNC1. The van der Waals surface area contributed by atoms with E-state index in [9.17, 15) is 12.8 Å². The topological polar surface area (TPSA) is 59.1 Å². The van der Waals surface area contributed by atoms with E-state index < -0.39 is 15.7 Å². The molecule has 0 aromatic carbocycles. The van der Waals surface area contributed by atoms with Crippen molar-refractivity contribution in [3.8, 4) is 0 Å². The molecule has 6 heteroatoms. The van der Waals surface area contributed by atoms with Crippen LogP contribution < -0.4 is 5.32 Å². The first-order valence-electron chi connectivity index (χ1n) is 5.06. The lowest BCUT2D eigenvalue weighted by atomic mass is 10.1. The molecule has 0 spiro atoms. The van der Waals surface area contributed by atoms with Gasteiger partial charge in [0.2, 0.25) is 0 Å². The summed E-state index contributed by atoms with van der Waals surface area (Å²) in [5.41, 5.74) is 0.410. The fraction of sp³-hybridized carbons (Fsp3) is 0.500. The van der Waals surface area contributed by atoms with Crippen LogP contribution in [-0.4, -0.2) is 32.2 Å². The molecule has 1 aliphatic heterocycles. The van der Waals surface area contributed by atoms with Gasteiger partial charge in [-0.2, -0.15) is 0 Å². The fourth-order valence-electron chi connectivity index (χ4n) is 1.67. The number of rotatable bonds is 4. The van der Waals surface area contributed by atoms with Crippen LogP contribution in [0.4, 0.5) is 4.39 Å². The zero-order valence-electron chi connectivity index (χ0n) is 8.69. The van der Waals surface area contributed by atoms with Gasteiger partial charge < -0.3 is 5.32 Å². The molecule has 1 N–H and O–H groups in total. The minimum atomic E-state index is -3.16. The molecule has 16 heavy (non-hydrogen) atoms. The average Bonchev–Trinajstić information content (AvgIpc) is 2.11. The first-order chi connectivity index (χ1) is 7.55. The van der Waals surface area contributed by atoms with E-state index in [0.29, 0.717) is 5.56 Å². The van der Waals surface area contributed by atoms with Gasteiger partial charge in [0.05, 0.1) is 17.7 Å². The highest BCUT2D eigenvalue weighted by atomic mass is 32.2. The molecular weight excluding hydrogens is 231 g/mol. The molecule has 0 aliphatic carbocycles. The summed E-state index contributed by atoms with van der Waals surface area (Å²) in [4.78, 5) is 3.63. The van der Waals surface area contributed by atoms with Crippen LogP contribution in [0.15, 0.2) is 18.5 Å². The zero-order chi connectivity index (χ0) is 11.6. The standard InChI is InChI=1S/C10H13FN2O2S/c11-10-1-8(2-13-5-10)6-16(14,15)7-9-3-12-4-9/h1-2,5,9,12H,3-4,6-7H2. The predicted octanol–water partition coefficient (Wildman–Crippen LogP) is 0.355. The molecule has 1 aromatic heterocycles. The molecule has 88 valence electrons. The predicted molar refractivity (Wildman–Crippen MR) is 58.0 cm³/mol. The Labute approximate surface area is 93.8 Å². The zero-order valence-corrected chi connectivity index (χ0v) is 9.50. The molecule has 1 saturated heterocycles. The third-order valence-electron chi connectivity index (χ3n) is 2.50. The summed E-state index contributed by atoms with van der Waals surface area (Å²) in [7, 11) is -3.16.